The largest absolute Gasteiger partial charge is 0.487 e. The molecule has 1 aliphatic carbocycles. The Morgan fingerprint density at radius 2 is 1.81 bits per heavy atom. The van der Waals surface area contributed by atoms with E-state index in [0.29, 0.717) is 23.3 Å². The summed E-state index contributed by atoms with van der Waals surface area (Å²) in [5.41, 5.74) is 5.72. The van der Waals surface area contributed by atoms with Crippen molar-refractivity contribution in [3.05, 3.63) is 33.9 Å². The van der Waals surface area contributed by atoms with Crippen LogP contribution in [0.1, 0.15) is 91.5 Å². The Hall–Kier alpha value is -2.22. The Morgan fingerprint density at radius 3 is 2.42 bits per heavy atom. The monoisotopic (exact) mass is 685 g/mol. The van der Waals surface area contributed by atoms with E-state index in [2.05, 4.69) is 51.6 Å². The minimum atomic E-state index is -0.966. The van der Waals surface area contributed by atoms with E-state index in [0.717, 1.165) is 6.42 Å². The maximum absolute atomic E-state index is 12.1. The SMILES string of the molecule is CC(N)(CN=CC(COc1ccc([N+](=O)[O-])c(COC(=O)C(C)(C)Br)c1)=NN)OCCC(C)(C)SC1CCCCCCC1. The van der Waals surface area contributed by atoms with Crippen LogP contribution in [0.25, 0.3) is 0 Å². The number of nitro groups is 1. The highest BCUT2D eigenvalue weighted by Crippen LogP contribution is 2.37. The van der Waals surface area contributed by atoms with Crippen molar-refractivity contribution in [1.82, 2.24) is 0 Å². The summed E-state index contributed by atoms with van der Waals surface area (Å²) >= 11 is 5.30. The highest BCUT2D eigenvalue weighted by atomic mass is 79.9. The summed E-state index contributed by atoms with van der Waals surface area (Å²) in [5, 5.41) is 15.9. The lowest BCUT2D eigenvalue weighted by Crippen LogP contribution is -2.43. The van der Waals surface area contributed by atoms with Crippen LogP contribution in [0.3, 0.4) is 0 Å². The Bertz CT molecular complexity index is 1110. The third-order valence-electron chi connectivity index (χ3n) is 6.96. The maximum Gasteiger partial charge on any atom is 0.322 e. The number of carbonyl (C=O) groups excluding carboxylic acids is 1. The van der Waals surface area contributed by atoms with Crippen LogP contribution in [-0.4, -0.2) is 62.6 Å². The van der Waals surface area contributed by atoms with Gasteiger partial charge in [-0.15, -0.1) is 0 Å². The molecule has 0 aliphatic heterocycles. The topological polar surface area (TPSA) is 165 Å². The third-order valence-corrected chi connectivity index (χ3v) is 8.93. The molecule has 1 fully saturated rings. The lowest BCUT2D eigenvalue weighted by Gasteiger charge is -2.32. The van der Waals surface area contributed by atoms with E-state index in [-0.39, 0.29) is 35.8 Å². The number of halogens is 1. The number of nitrogens with two attached hydrogens (primary N) is 2. The van der Waals surface area contributed by atoms with Gasteiger partial charge in [0.25, 0.3) is 5.69 Å². The number of aliphatic imine (C=N–C) groups is 1. The fourth-order valence-electron chi connectivity index (χ4n) is 4.48. The van der Waals surface area contributed by atoms with Crippen molar-refractivity contribution >= 4 is 51.3 Å². The predicted molar refractivity (Wildman–Crippen MR) is 177 cm³/mol. The molecular formula is C30H48BrN5O6S. The highest BCUT2D eigenvalue weighted by molar-refractivity contribution is 9.10. The summed E-state index contributed by atoms with van der Waals surface area (Å²) in [5.74, 6) is 5.29. The molecule has 0 aromatic heterocycles. The zero-order chi connectivity index (χ0) is 32.1. The van der Waals surface area contributed by atoms with Gasteiger partial charge in [-0.1, -0.05) is 61.9 Å². The van der Waals surface area contributed by atoms with Gasteiger partial charge in [-0.2, -0.15) is 16.9 Å². The number of hydrazone groups is 1. The van der Waals surface area contributed by atoms with E-state index >= 15 is 0 Å². The van der Waals surface area contributed by atoms with Crippen molar-refractivity contribution in [2.45, 2.75) is 113 Å². The van der Waals surface area contributed by atoms with Crippen LogP contribution >= 0.6 is 27.7 Å². The van der Waals surface area contributed by atoms with Crippen LogP contribution in [0.15, 0.2) is 28.3 Å². The van der Waals surface area contributed by atoms with E-state index in [1.165, 1.54) is 69.4 Å². The van der Waals surface area contributed by atoms with Gasteiger partial charge in [-0.25, -0.2) is 0 Å². The molecule has 1 atom stereocenters. The molecule has 4 N–H and O–H groups in total. The van der Waals surface area contributed by atoms with Crippen LogP contribution < -0.4 is 16.3 Å². The van der Waals surface area contributed by atoms with Gasteiger partial charge in [-0.05, 0) is 52.2 Å². The van der Waals surface area contributed by atoms with Crippen LogP contribution in [0.2, 0.25) is 0 Å². The smallest absolute Gasteiger partial charge is 0.322 e. The van der Waals surface area contributed by atoms with Gasteiger partial charge in [0.05, 0.1) is 23.6 Å². The second-order valence-electron chi connectivity index (χ2n) is 12.2. The molecule has 1 saturated carbocycles. The number of alkyl halides is 1. The van der Waals surface area contributed by atoms with Crippen molar-refractivity contribution < 1.29 is 23.9 Å². The Kier molecular flexibility index (Phi) is 14.9. The molecular weight excluding hydrogens is 638 g/mol. The third kappa shape index (κ3) is 14.4. The van der Waals surface area contributed by atoms with Crippen molar-refractivity contribution in [3.8, 4) is 5.75 Å². The van der Waals surface area contributed by atoms with Crippen molar-refractivity contribution in [2.24, 2.45) is 21.7 Å². The van der Waals surface area contributed by atoms with Crippen molar-refractivity contribution in [2.75, 3.05) is 19.8 Å². The molecule has 0 saturated heterocycles. The highest BCUT2D eigenvalue weighted by Gasteiger charge is 2.28. The molecule has 0 spiro atoms. The number of ether oxygens (including phenoxy) is 3. The number of carbonyl (C=O) groups is 1. The fourth-order valence-corrected chi connectivity index (χ4v) is 6.27. The van der Waals surface area contributed by atoms with Crippen molar-refractivity contribution in [1.29, 1.82) is 0 Å². The Morgan fingerprint density at radius 1 is 1.16 bits per heavy atom. The minimum absolute atomic E-state index is 0.0415. The van der Waals surface area contributed by atoms with Gasteiger partial charge < -0.3 is 25.8 Å². The number of nitro benzene ring substituents is 1. The van der Waals surface area contributed by atoms with Crippen LogP contribution in [-0.2, 0) is 20.9 Å². The van der Waals surface area contributed by atoms with Gasteiger partial charge in [0, 0.05) is 22.3 Å². The molecule has 0 amide bonds. The summed E-state index contributed by atoms with van der Waals surface area (Å²) in [6, 6.07) is 4.19. The molecule has 0 bridgehead atoms. The summed E-state index contributed by atoms with van der Waals surface area (Å²) in [6.07, 6.45) is 11.7. The van der Waals surface area contributed by atoms with Crippen LogP contribution in [0.4, 0.5) is 5.69 Å². The molecule has 0 radical (unpaired) electrons. The Labute approximate surface area is 268 Å². The standard InChI is InChI=1S/C30H48BrN5O6S/c1-28(2,43-25-11-9-7-6-8-10-12-25)15-16-42-30(5,32)21-34-18-23(35-33)20-40-24-13-14-26(36(38)39)22(17-24)19-41-27(37)29(3,4)31/h13-14,17-18,25H,6-12,15-16,19-21,32-33H2,1-5H3. The first-order valence-electron chi connectivity index (χ1n) is 14.8. The average Bonchev–Trinajstić information content (AvgIpc) is 2.89. The van der Waals surface area contributed by atoms with E-state index < -0.39 is 20.9 Å². The van der Waals surface area contributed by atoms with E-state index in [1.54, 1.807) is 20.8 Å². The molecule has 0 heterocycles. The summed E-state index contributed by atoms with van der Waals surface area (Å²) < 4.78 is 16.1. The summed E-state index contributed by atoms with van der Waals surface area (Å²) in [7, 11) is 0. The lowest BCUT2D eigenvalue weighted by atomic mass is 10.0. The lowest BCUT2D eigenvalue weighted by molar-refractivity contribution is -0.385. The number of hydrogen-bond acceptors (Lipinski definition) is 11. The molecule has 1 aromatic carbocycles. The number of thioether (sulfide) groups is 1. The second kappa shape index (κ2) is 17.3. The fraction of sp³-hybridized carbons (Fsp3) is 0.700. The number of benzene rings is 1. The maximum atomic E-state index is 12.1. The van der Waals surface area contributed by atoms with Gasteiger partial charge in [-0.3, -0.25) is 19.9 Å². The second-order valence-corrected chi connectivity index (χ2v) is 16.2. The Balaban J connectivity index is 1.86. The average molecular weight is 687 g/mol. The van der Waals surface area contributed by atoms with Crippen molar-refractivity contribution in [3.63, 3.8) is 0 Å². The zero-order valence-electron chi connectivity index (χ0n) is 26.1. The molecule has 43 heavy (non-hydrogen) atoms. The predicted octanol–water partition coefficient (Wildman–Crippen LogP) is 6.28. The van der Waals surface area contributed by atoms with E-state index in [4.69, 9.17) is 25.8 Å². The van der Waals surface area contributed by atoms with Gasteiger partial charge in [0.15, 0.2) is 0 Å². The van der Waals surface area contributed by atoms with Crippen LogP contribution in [0, 0.1) is 10.1 Å². The number of hydrogen-bond donors (Lipinski definition) is 2. The molecule has 13 heteroatoms. The van der Waals surface area contributed by atoms with Gasteiger partial charge in [0.2, 0.25) is 0 Å². The van der Waals surface area contributed by atoms with E-state index in [1.807, 2.05) is 0 Å². The summed E-state index contributed by atoms with van der Waals surface area (Å²) in [4.78, 5) is 27.3. The first kappa shape index (κ1) is 37.0. The van der Waals surface area contributed by atoms with E-state index in [9.17, 15) is 14.9 Å². The first-order chi connectivity index (χ1) is 20.1. The molecule has 1 unspecified atom stereocenters. The molecule has 1 aliphatic rings. The molecule has 11 nitrogen and oxygen atoms in total. The van der Waals surface area contributed by atoms with Gasteiger partial charge in [0.1, 0.15) is 34.7 Å². The first-order valence-corrected chi connectivity index (χ1v) is 16.4. The normalized spacial score (nSPS) is 17.2. The quantitative estimate of drug-likeness (QED) is 0.0387. The minimum Gasteiger partial charge on any atom is -0.487 e. The number of nitrogens with zero attached hydrogens (tertiary/aromatic N) is 3. The number of esters is 1. The molecule has 1 aromatic rings. The molecule has 242 valence electrons. The van der Waals surface area contributed by atoms with Gasteiger partial charge >= 0.3 is 5.97 Å². The summed E-state index contributed by atoms with van der Waals surface area (Å²) in [6.45, 7) is 9.99. The zero-order valence-corrected chi connectivity index (χ0v) is 28.5. The molecule has 2 rings (SSSR count). The van der Waals surface area contributed by atoms with Crippen LogP contribution in [0.5, 0.6) is 5.75 Å². The number of rotatable bonds is 16.